The summed E-state index contributed by atoms with van der Waals surface area (Å²) in [6, 6.07) is 6.30. The van der Waals surface area contributed by atoms with Gasteiger partial charge in [0, 0.05) is 17.8 Å². The lowest BCUT2D eigenvalue weighted by Crippen LogP contribution is -2.26. The van der Waals surface area contributed by atoms with Crippen LogP contribution in [0.1, 0.15) is 17.0 Å². The molecule has 1 aliphatic rings. The van der Waals surface area contributed by atoms with E-state index in [-0.39, 0.29) is 5.82 Å². The summed E-state index contributed by atoms with van der Waals surface area (Å²) in [6.07, 6.45) is 0.977. The van der Waals surface area contributed by atoms with Crippen LogP contribution in [0.25, 0.3) is 11.4 Å². The molecule has 0 amide bonds. The standard InChI is InChI=1S/C14H14FN3/c1-9-12-6-7-16-8-13(12)18-14(17-9)10-2-4-11(15)5-3-10/h2-5,16H,6-8H2,1H3. The van der Waals surface area contributed by atoms with E-state index in [1.807, 2.05) is 6.92 Å². The summed E-state index contributed by atoms with van der Waals surface area (Å²) < 4.78 is 12.9. The van der Waals surface area contributed by atoms with Crippen LogP contribution in [0.5, 0.6) is 0 Å². The van der Waals surface area contributed by atoms with Crippen molar-refractivity contribution in [3.8, 4) is 11.4 Å². The van der Waals surface area contributed by atoms with Crippen LogP contribution in [0.15, 0.2) is 24.3 Å². The van der Waals surface area contributed by atoms with Crippen LogP contribution in [0, 0.1) is 12.7 Å². The zero-order valence-electron chi connectivity index (χ0n) is 10.2. The molecule has 0 aliphatic carbocycles. The number of hydrogen-bond acceptors (Lipinski definition) is 3. The van der Waals surface area contributed by atoms with Crippen molar-refractivity contribution >= 4 is 0 Å². The molecule has 0 saturated heterocycles. The number of aryl methyl sites for hydroxylation is 1. The lowest BCUT2D eigenvalue weighted by Gasteiger charge is -2.18. The Kier molecular flexibility index (Phi) is 2.80. The third kappa shape index (κ3) is 1.99. The van der Waals surface area contributed by atoms with Gasteiger partial charge in [0.25, 0.3) is 0 Å². The van der Waals surface area contributed by atoms with Gasteiger partial charge in [-0.1, -0.05) is 0 Å². The molecule has 18 heavy (non-hydrogen) atoms. The van der Waals surface area contributed by atoms with Crippen LogP contribution in [0.2, 0.25) is 0 Å². The zero-order chi connectivity index (χ0) is 12.5. The van der Waals surface area contributed by atoms with Gasteiger partial charge in [-0.15, -0.1) is 0 Å². The molecular weight excluding hydrogens is 229 g/mol. The third-order valence-electron chi connectivity index (χ3n) is 3.25. The van der Waals surface area contributed by atoms with Gasteiger partial charge in [-0.3, -0.25) is 0 Å². The van der Waals surface area contributed by atoms with E-state index in [4.69, 9.17) is 0 Å². The molecule has 0 unspecified atom stereocenters. The molecule has 1 aliphatic heterocycles. The average molecular weight is 243 g/mol. The molecule has 0 bridgehead atoms. The van der Waals surface area contributed by atoms with Gasteiger partial charge in [0.05, 0.1) is 5.69 Å². The molecule has 1 aromatic heterocycles. The fourth-order valence-corrected chi connectivity index (χ4v) is 2.28. The molecule has 3 nitrogen and oxygen atoms in total. The second-order valence-corrected chi connectivity index (χ2v) is 4.49. The highest BCUT2D eigenvalue weighted by molar-refractivity contribution is 5.55. The molecular formula is C14H14FN3. The van der Waals surface area contributed by atoms with Crippen LogP contribution < -0.4 is 5.32 Å². The van der Waals surface area contributed by atoms with Gasteiger partial charge in [-0.25, -0.2) is 14.4 Å². The topological polar surface area (TPSA) is 37.8 Å². The van der Waals surface area contributed by atoms with Gasteiger partial charge in [0.15, 0.2) is 5.82 Å². The molecule has 2 aromatic rings. The first-order valence-electron chi connectivity index (χ1n) is 6.07. The molecule has 0 saturated carbocycles. The van der Waals surface area contributed by atoms with Crippen molar-refractivity contribution in [2.24, 2.45) is 0 Å². The van der Waals surface area contributed by atoms with Crippen molar-refractivity contribution < 1.29 is 4.39 Å². The summed E-state index contributed by atoms with van der Waals surface area (Å²) in [7, 11) is 0. The molecule has 0 radical (unpaired) electrons. The second kappa shape index (κ2) is 4.46. The number of aromatic nitrogens is 2. The average Bonchev–Trinajstić information content (AvgIpc) is 2.39. The minimum Gasteiger partial charge on any atom is -0.311 e. The number of halogens is 1. The van der Waals surface area contributed by atoms with Gasteiger partial charge >= 0.3 is 0 Å². The van der Waals surface area contributed by atoms with E-state index in [0.29, 0.717) is 5.82 Å². The van der Waals surface area contributed by atoms with Gasteiger partial charge in [-0.05, 0) is 49.7 Å². The van der Waals surface area contributed by atoms with E-state index >= 15 is 0 Å². The number of nitrogens with zero attached hydrogens (tertiary/aromatic N) is 2. The maximum absolute atomic E-state index is 12.9. The number of benzene rings is 1. The SMILES string of the molecule is Cc1nc(-c2ccc(F)cc2)nc2c1CCNC2. The van der Waals surface area contributed by atoms with E-state index < -0.39 is 0 Å². The Morgan fingerprint density at radius 2 is 1.94 bits per heavy atom. The van der Waals surface area contributed by atoms with Crippen LogP contribution in [-0.4, -0.2) is 16.5 Å². The van der Waals surface area contributed by atoms with E-state index in [1.165, 1.54) is 17.7 Å². The van der Waals surface area contributed by atoms with Crippen molar-refractivity contribution in [1.29, 1.82) is 0 Å². The monoisotopic (exact) mass is 243 g/mol. The van der Waals surface area contributed by atoms with Crippen molar-refractivity contribution in [3.63, 3.8) is 0 Å². The highest BCUT2D eigenvalue weighted by atomic mass is 19.1. The van der Waals surface area contributed by atoms with Crippen LogP contribution in [-0.2, 0) is 13.0 Å². The van der Waals surface area contributed by atoms with E-state index in [2.05, 4.69) is 15.3 Å². The third-order valence-corrected chi connectivity index (χ3v) is 3.25. The Morgan fingerprint density at radius 1 is 1.17 bits per heavy atom. The Hall–Kier alpha value is -1.81. The largest absolute Gasteiger partial charge is 0.311 e. The van der Waals surface area contributed by atoms with Gasteiger partial charge in [0.1, 0.15) is 5.82 Å². The first-order valence-corrected chi connectivity index (χ1v) is 6.07. The molecule has 92 valence electrons. The summed E-state index contributed by atoms with van der Waals surface area (Å²) in [5.74, 6) is 0.435. The molecule has 0 spiro atoms. The van der Waals surface area contributed by atoms with E-state index in [9.17, 15) is 4.39 Å². The molecule has 1 N–H and O–H groups in total. The van der Waals surface area contributed by atoms with Crippen molar-refractivity contribution in [1.82, 2.24) is 15.3 Å². The lowest BCUT2D eigenvalue weighted by atomic mass is 10.0. The van der Waals surface area contributed by atoms with E-state index in [0.717, 1.165) is 36.5 Å². The lowest BCUT2D eigenvalue weighted by molar-refractivity contribution is 0.619. The summed E-state index contributed by atoms with van der Waals surface area (Å²) in [5, 5.41) is 3.31. The second-order valence-electron chi connectivity index (χ2n) is 4.49. The van der Waals surface area contributed by atoms with Gasteiger partial charge in [0.2, 0.25) is 0 Å². The maximum Gasteiger partial charge on any atom is 0.159 e. The quantitative estimate of drug-likeness (QED) is 0.834. The molecule has 1 aromatic carbocycles. The molecule has 4 heteroatoms. The normalized spacial score (nSPS) is 14.3. The van der Waals surface area contributed by atoms with E-state index in [1.54, 1.807) is 12.1 Å². The van der Waals surface area contributed by atoms with Gasteiger partial charge in [-0.2, -0.15) is 0 Å². The first kappa shape index (κ1) is 11.3. The van der Waals surface area contributed by atoms with Gasteiger partial charge < -0.3 is 5.32 Å². The minimum atomic E-state index is -0.241. The Bertz CT molecular complexity index is 578. The Labute approximate surface area is 105 Å². The number of fused-ring (bicyclic) bond motifs is 1. The van der Waals surface area contributed by atoms with Crippen LogP contribution in [0.3, 0.4) is 0 Å². The highest BCUT2D eigenvalue weighted by Crippen LogP contribution is 2.21. The summed E-state index contributed by atoms with van der Waals surface area (Å²) in [6.45, 7) is 3.78. The summed E-state index contributed by atoms with van der Waals surface area (Å²) in [5.41, 5.74) is 4.20. The zero-order valence-corrected chi connectivity index (χ0v) is 10.2. The molecule has 3 rings (SSSR count). The van der Waals surface area contributed by atoms with Crippen molar-refractivity contribution in [3.05, 3.63) is 47.0 Å². The minimum absolute atomic E-state index is 0.241. The number of hydrogen-bond donors (Lipinski definition) is 1. The van der Waals surface area contributed by atoms with Crippen LogP contribution in [0.4, 0.5) is 4.39 Å². The number of rotatable bonds is 1. The smallest absolute Gasteiger partial charge is 0.159 e. The highest BCUT2D eigenvalue weighted by Gasteiger charge is 2.15. The first-order chi connectivity index (χ1) is 8.74. The summed E-state index contributed by atoms with van der Waals surface area (Å²) in [4.78, 5) is 9.10. The predicted molar refractivity (Wildman–Crippen MR) is 67.6 cm³/mol. The Morgan fingerprint density at radius 3 is 2.72 bits per heavy atom. The van der Waals surface area contributed by atoms with Crippen LogP contribution >= 0.6 is 0 Å². The fraction of sp³-hybridized carbons (Fsp3) is 0.286. The fourth-order valence-electron chi connectivity index (χ4n) is 2.28. The van der Waals surface area contributed by atoms with Crippen molar-refractivity contribution in [2.75, 3.05) is 6.54 Å². The molecule has 2 heterocycles. The Balaban J connectivity index is 2.08. The predicted octanol–water partition coefficient (Wildman–Crippen LogP) is 2.24. The molecule has 0 atom stereocenters. The number of nitrogens with one attached hydrogen (secondary N) is 1. The molecule has 0 fully saturated rings. The maximum atomic E-state index is 12.9. The van der Waals surface area contributed by atoms with Crippen molar-refractivity contribution in [2.45, 2.75) is 19.9 Å². The summed E-state index contributed by atoms with van der Waals surface area (Å²) >= 11 is 0.